The number of anilines is 1. The maximum Gasteiger partial charge on any atom is 0.315 e. The zero-order chi connectivity index (χ0) is 18.2. The first kappa shape index (κ1) is 17.9. The van der Waals surface area contributed by atoms with Gasteiger partial charge in [0.1, 0.15) is 0 Å². The van der Waals surface area contributed by atoms with E-state index in [0.717, 1.165) is 37.6 Å². The van der Waals surface area contributed by atoms with Crippen LogP contribution in [0.15, 0.2) is 54.6 Å². The third kappa shape index (κ3) is 5.07. The number of morpholine rings is 1. The minimum atomic E-state index is -0.355. The van der Waals surface area contributed by atoms with E-state index in [-0.39, 0.29) is 18.4 Å². The fourth-order valence-corrected chi connectivity index (χ4v) is 2.78. The van der Waals surface area contributed by atoms with Gasteiger partial charge in [-0.15, -0.1) is 0 Å². The van der Waals surface area contributed by atoms with Gasteiger partial charge in [-0.25, -0.2) is 4.79 Å². The van der Waals surface area contributed by atoms with E-state index in [1.54, 1.807) is 12.1 Å². The van der Waals surface area contributed by atoms with Crippen molar-refractivity contribution in [2.75, 3.05) is 37.7 Å². The number of benzene rings is 2. The number of carbonyl (C=O) groups excluding carboxylic acids is 2. The Hall–Kier alpha value is -2.86. The Morgan fingerprint density at radius 2 is 1.62 bits per heavy atom. The van der Waals surface area contributed by atoms with Crippen LogP contribution in [0.1, 0.15) is 15.9 Å². The van der Waals surface area contributed by atoms with Crippen molar-refractivity contribution in [2.45, 2.75) is 6.54 Å². The van der Waals surface area contributed by atoms with E-state index in [1.165, 1.54) is 0 Å². The van der Waals surface area contributed by atoms with Gasteiger partial charge in [0.05, 0.1) is 19.8 Å². The fourth-order valence-electron chi connectivity index (χ4n) is 2.78. The van der Waals surface area contributed by atoms with Crippen molar-refractivity contribution in [1.29, 1.82) is 0 Å². The predicted molar refractivity (Wildman–Crippen MR) is 100 cm³/mol. The topological polar surface area (TPSA) is 70.7 Å². The Bertz CT molecular complexity index is 726. The molecule has 1 fully saturated rings. The second kappa shape index (κ2) is 9.01. The molecule has 0 aliphatic carbocycles. The molecule has 0 bridgehead atoms. The number of nitrogens with zero attached hydrogens (tertiary/aromatic N) is 1. The van der Waals surface area contributed by atoms with Gasteiger partial charge in [-0.2, -0.15) is 0 Å². The quantitative estimate of drug-likeness (QED) is 0.781. The van der Waals surface area contributed by atoms with Crippen molar-refractivity contribution < 1.29 is 14.3 Å². The number of hydrogen-bond acceptors (Lipinski definition) is 4. The Morgan fingerprint density at radius 1 is 0.923 bits per heavy atom. The summed E-state index contributed by atoms with van der Waals surface area (Å²) in [5.41, 5.74) is 2.68. The summed E-state index contributed by atoms with van der Waals surface area (Å²) in [6.07, 6.45) is 0. The summed E-state index contributed by atoms with van der Waals surface area (Å²) in [6.45, 7) is 3.56. The summed E-state index contributed by atoms with van der Waals surface area (Å²) in [5.74, 6) is -0.117. The number of rotatable bonds is 6. The summed E-state index contributed by atoms with van der Waals surface area (Å²) in [5, 5.41) is 5.34. The van der Waals surface area contributed by atoms with E-state index in [9.17, 15) is 9.59 Å². The highest BCUT2D eigenvalue weighted by atomic mass is 16.5. The molecular formula is C20H23N3O3. The van der Waals surface area contributed by atoms with Crippen molar-refractivity contribution in [2.24, 2.45) is 0 Å². The molecule has 6 nitrogen and oxygen atoms in total. The molecule has 0 saturated carbocycles. The Balaban J connectivity index is 1.44. The van der Waals surface area contributed by atoms with Crippen LogP contribution < -0.4 is 15.5 Å². The van der Waals surface area contributed by atoms with Gasteiger partial charge in [-0.05, 0) is 29.8 Å². The fraction of sp³-hybridized carbons (Fsp3) is 0.300. The van der Waals surface area contributed by atoms with Crippen molar-refractivity contribution in [1.82, 2.24) is 10.6 Å². The number of amides is 2. The number of ketones is 1. The zero-order valence-electron chi connectivity index (χ0n) is 14.6. The summed E-state index contributed by atoms with van der Waals surface area (Å²) < 4.78 is 5.34. The van der Waals surface area contributed by atoms with Crippen molar-refractivity contribution in [3.05, 3.63) is 65.7 Å². The molecule has 3 rings (SSSR count). The second-order valence-electron chi connectivity index (χ2n) is 6.09. The maximum atomic E-state index is 12.2. The SMILES string of the molecule is O=C(NCC(=O)c1ccc(N2CCOCC2)cc1)NCc1ccccc1. The summed E-state index contributed by atoms with van der Waals surface area (Å²) in [6, 6.07) is 16.7. The minimum Gasteiger partial charge on any atom is -0.378 e. The first-order valence-corrected chi connectivity index (χ1v) is 8.74. The van der Waals surface area contributed by atoms with Gasteiger partial charge in [-0.3, -0.25) is 4.79 Å². The van der Waals surface area contributed by atoms with Gasteiger partial charge in [0.15, 0.2) is 5.78 Å². The summed E-state index contributed by atoms with van der Waals surface area (Å²) in [7, 11) is 0. The molecule has 26 heavy (non-hydrogen) atoms. The molecule has 0 atom stereocenters. The highest BCUT2D eigenvalue weighted by molar-refractivity contribution is 5.99. The molecule has 2 aromatic carbocycles. The number of carbonyl (C=O) groups is 2. The lowest BCUT2D eigenvalue weighted by Gasteiger charge is -2.28. The van der Waals surface area contributed by atoms with Crippen LogP contribution in [0.25, 0.3) is 0 Å². The number of hydrogen-bond donors (Lipinski definition) is 2. The molecule has 2 N–H and O–H groups in total. The molecule has 0 unspecified atom stereocenters. The van der Waals surface area contributed by atoms with Gasteiger partial charge in [0.25, 0.3) is 0 Å². The molecule has 136 valence electrons. The van der Waals surface area contributed by atoms with Gasteiger partial charge in [0, 0.05) is 30.9 Å². The zero-order valence-corrected chi connectivity index (χ0v) is 14.6. The van der Waals surface area contributed by atoms with Crippen LogP contribution >= 0.6 is 0 Å². The van der Waals surface area contributed by atoms with E-state index >= 15 is 0 Å². The number of ether oxygens (including phenoxy) is 1. The van der Waals surface area contributed by atoms with Crippen LogP contribution in [0.3, 0.4) is 0 Å². The molecule has 1 saturated heterocycles. The molecule has 1 aliphatic rings. The lowest BCUT2D eigenvalue weighted by Crippen LogP contribution is -2.38. The second-order valence-corrected chi connectivity index (χ2v) is 6.09. The maximum absolute atomic E-state index is 12.2. The highest BCUT2D eigenvalue weighted by Gasteiger charge is 2.12. The van der Waals surface area contributed by atoms with Gasteiger partial charge in [-0.1, -0.05) is 30.3 Å². The smallest absolute Gasteiger partial charge is 0.315 e. The molecule has 1 heterocycles. The average Bonchev–Trinajstić information content (AvgIpc) is 2.72. The standard InChI is InChI=1S/C20H23N3O3/c24-19(15-22-20(25)21-14-16-4-2-1-3-5-16)17-6-8-18(9-7-17)23-10-12-26-13-11-23/h1-9H,10-15H2,(H2,21,22,25). The number of nitrogens with one attached hydrogen (secondary N) is 2. The van der Waals surface area contributed by atoms with Crippen LogP contribution in [0.5, 0.6) is 0 Å². The highest BCUT2D eigenvalue weighted by Crippen LogP contribution is 2.16. The molecule has 2 aromatic rings. The first-order valence-electron chi connectivity index (χ1n) is 8.74. The summed E-state index contributed by atoms with van der Waals surface area (Å²) in [4.78, 5) is 26.3. The van der Waals surface area contributed by atoms with Crippen molar-refractivity contribution >= 4 is 17.5 Å². The van der Waals surface area contributed by atoms with Gasteiger partial charge in [0.2, 0.25) is 0 Å². The van der Waals surface area contributed by atoms with E-state index in [1.807, 2.05) is 42.5 Å². The van der Waals surface area contributed by atoms with Crippen LogP contribution in [0, 0.1) is 0 Å². The minimum absolute atomic E-state index is 0.0302. The summed E-state index contributed by atoms with van der Waals surface area (Å²) >= 11 is 0. The van der Waals surface area contributed by atoms with E-state index < -0.39 is 0 Å². The molecule has 2 amide bonds. The third-order valence-electron chi connectivity index (χ3n) is 4.27. The average molecular weight is 353 g/mol. The van der Waals surface area contributed by atoms with Crippen molar-refractivity contribution in [3.8, 4) is 0 Å². The Kier molecular flexibility index (Phi) is 6.22. The molecule has 0 spiro atoms. The lowest BCUT2D eigenvalue weighted by atomic mass is 10.1. The monoisotopic (exact) mass is 353 g/mol. The van der Waals surface area contributed by atoms with E-state index in [4.69, 9.17) is 4.74 Å². The van der Waals surface area contributed by atoms with Gasteiger partial charge < -0.3 is 20.3 Å². The van der Waals surface area contributed by atoms with Crippen molar-refractivity contribution in [3.63, 3.8) is 0 Å². The normalized spacial score (nSPS) is 13.9. The Morgan fingerprint density at radius 3 is 2.31 bits per heavy atom. The van der Waals surface area contributed by atoms with Crippen LogP contribution in [0.4, 0.5) is 10.5 Å². The Labute approximate surface area is 153 Å². The van der Waals surface area contributed by atoms with E-state index in [2.05, 4.69) is 15.5 Å². The lowest BCUT2D eigenvalue weighted by molar-refractivity contribution is 0.0992. The number of Topliss-reactive ketones (excluding diaryl/α,β-unsaturated/α-hetero) is 1. The molecule has 0 aromatic heterocycles. The third-order valence-corrected chi connectivity index (χ3v) is 4.27. The van der Waals surface area contributed by atoms with Crippen LogP contribution in [-0.2, 0) is 11.3 Å². The predicted octanol–water partition coefficient (Wildman–Crippen LogP) is 2.21. The van der Waals surface area contributed by atoms with Crippen LogP contribution in [0.2, 0.25) is 0 Å². The molecule has 6 heteroatoms. The van der Waals surface area contributed by atoms with E-state index in [0.29, 0.717) is 12.1 Å². The van der Waals surface area contributed by atoms with Crippen LogP contribution in [-0.4, -0.2) is 44.7 Å². The molecule has 0 radical (unpaired) electrons. The molecule has 1 aliphatic heterocycles. The first-order chi connectivity index (χ1) is 12.7. The number of urea groups is 1. The largest absolute Gasteiger partial charge is 0.378 e. The van der Waals surface area contributed by atoms with Gasteiger partial charge >= 0.3 is 6.03 Å². The molecular weight excluding hydrogens is 330 g/mol.